The van der Waals surface area contributed by atoms with E-state index >= 15 is 0 Å². The van der Waals surface area contributed by atoms with E-state index in [0.717, 1.165) is 71.4 Å². The maximum Gasteiger partial charge on any atom is 0.0110 e. The Kier molecular flexibility index (Phi) is 30.5. The van der Waals surface area contributed by atoms with E-state index in [-0.39, 0.29) is 0 Å². The molecule has 2 heterocycles. The van der Waals surface area contributed by atoms with Gasteiger partial charge in [0, 0.05) is 91.6 Å². The van der Waals surface area contributed by atoms with Crippen molar-refractivity contribution in [1.82, 2.24) is 30.2 Å². The number of rotatable bonds is 22. The Morgan fingerprint density at radius 2 is 1.09 bits per heavy atom. The standard InChI is InChI=1S/2C12H27N3.C11H26N4/c13-7-3-1-4-8-14-9-12-15-10-5-2-6-11-15;13-7-10-15(11-8-14)9-6-12-4-2-1-3-5-12;1-2-6-14-8-10-15(11-9-14)7-5-13-4-3-12/h14H,1-13H2;12H,1-11,13-14H2;13H,2-12H2,1H3. The largest absolute Gasteiger partial charge is 0.330 e. The van der Waals surface area contributed by atoms with Crippen LogP contribution in [-0.4, -0.2) is 150 Å². The van der Waals surface area contributed by atoms with Crippen molar-refractivity contribution in [1.29, 1.82) is 0 Å². The third-order valence-corrected chi connectivity index (χ3v) is 9.51. The van der Waals surface area contributed by atoms with Crippen LogP contribution in [0.1, 0.15) is 90.4 Å². The summed E-state index contributed by atoms with van der Waals surface area (Å²) in [5.74, 6) is 0.969. The number of nitrogens with two attached hydrogens (primary N) is 4. The Balaban J connectivity index is 0.000000337. The van der Waals surface area contributed by atoms with Crippen molar-refractivity contribution in [3.8, 4) is 0 Å². The lowest BCUT2D eigenvalue weighted by molar-refractivity contribution is 0.133. The maximum absolute atomic E-state index is 5.59. The molecule has 0 aromatic carbocycles. The second-order valence-electron chi connectivity index (χ2n) is 13.4. The summed E-state index contributed by atoms with van der Waals surface area (Å²) in [4.78, 5) is 10.1. The highest BCUT2D eigenvalue weighted by molar-refractivity contribution is 4.72. The van der Waals surface area contributed by atoms with Gasteiger partial charge in [0.1, 0.15) is 0 Å². The third-order valence-electron chi connectivity index (χ3n) is 9.51. The highest BCUT2D eigenvalue weighted by atomic mass is 15.3. The van der Waals surface area contributed by atoms with Gasteiger partial charge >= 0.3 is 0 Å². The number of piperazine rings is 1. The molecule has 2 saturated heterocycles. The molecule has 3 aliphatic rings. The second-order valence-corrected chi connectivity index (χ2v) is 13.4. The number of hydrogen-bond donors (Lipinski definition) is 6. The van der Waals surface area contributed by atoms with Crippen LogP contribution in [0.2, 0.25) is 0 Å². The minimum atomic E-state index is 0.740. The van der Waals surface area contributed by atoms with Crippen molar-refractivity contribution < 1.29 is 0 Å². The molecule has 10 heteroatoms. The number of piperidine rings is 1. The molecule has 0 atom stereocenters. The molecule has 0 radical (unpaired) electrons. The van der Waals surface area contributed by atoms with Crippen molar-refractivity contribution in [3.05, 3.63) is 0 Å². The topological polar surface area (TPSA) is 141 Å². The van der Waals surface area contributed by atoms with E-state index in [2.05, 4.69) is 37.2 Å². The number of nitrogens with zero attached hydrogens (tertiary/aromatic N) is 4. The van der Waals surface area contributed by atoms with E-state index < -0.39 is 0 Å². The number of unbranched alkanes of at least 4 members (excludes halogenated alkanes) is 2. The molecule has 3 rings (SSSR count). The first-order chi connectivity index (χ1) is 22.2. The smallest absolute Gasteiger partial charge is 0.0110 e. The fourth-order valence-corrected chi connectivity index (χ4v) is 6.67. The van der Waals surface area contributed by atoms with Gasteiger partial charge in [0.25, 0.3) is 0 Å². The van der Waals surface area contributed by atoms with Gasteiger partial charge in [0.05, 0.1) is 0 Å². The minimum Gasteiger partial charge on any atom is -0.330 e. The predicted octanol–water partition coefficient (Wildman–Crippen LogP) is 1.93. The average molecular weight is 641 g/mol. The molecule has 0 spiro atoms. The van der Waals surface area contributed by atoms with Gasteiger partial charge in [-0.25, -0.2) is 0 Å². The fraction of sp³-hybridized carbons (Fsp3) is 1.00. The van der Waals surface area contributed by atoms with Crippen LogP contribution in [-0.2, 0) is 0 Å². The van der Waals surface area contributed by atoms with Crippen molar-refractivity contribution >= 4 is 0 Å². The van der Waals surface area contributed by atoms with Crippen molar-refractivity contribution in [2.24, 2.45) is 28.9 Å². The first-order valence-electron chi connectivity index (χ1n) is 19.3. The van der Waals surface area contributed by atoms with Gasteiger partial charge < -0.3 is 48.3 Å². The molecular weight excluding hydrogens is 560 g/mol. The SMILES string of the molecule is CCCN1CCN(CCNCCN)CC1.NCCCCCNCCN1CCCCC1.NCCN(CCN)CCC1CCCCC1. The molecule has 2 aliphatic heterocycles. The molecule has 3 fully saturated rings. The van der Waals surface area contributed by atoms with Gasteiger partial charge in [-0.3, -0.25) is 4.90 Å². The fourth-order valence-electron chi connectivity index (χ4n) is 6.67. The summed E-state index contributed by atoms with van der Waals surface area (Å²) in [7, 11) is 0. The van der Waals surface area contributed by atoms with E-state index in [4.69, 9.17) is 22.9 Å². The molecule has 1 aliphatic carbocycles. The zero-order chi connectivity index (χ0) is 32.6. The molecular formula is C35H80N10. The van der Waals surface area contributed by atoms with Gasteiger partial charge in [0.2, 0.25) is 0 Å². The van der Waals surface area contributed by atoms with Crippen molar-refractivity contribution in [2.45, 2.75) is 90.4 Å². The summed E-state index contributed by atoms with van der Waals surface area (Å²) in [5.41, 5.74) is 22.0. The first-order valence-corrected chi connectivity index (χ1v) is 19.3. The number of hydrogen-bond acceptors (Lipinski definition) is 10. The summed E-state index contributed by atoms with van der Waals surface area (Å²) in [6.07, 6.45) is 17.8. The van der Waals surface area contributed by atoms with Crippen LogP contribution in [0.3, 0.4) is 0 Å². The van der Waals surface area contributed by atoms with Gasteiger partial charge in [-0.1, -0.05) is 51.9 Å². The van der Waals surface area contributed by atoms with Crippen molar-refractivity contribution in [3.63, 3.8) is 0 Å². The van der Waals surface area contributed by atoms with Gasteiger partial charge in [-0.2, -0.15) is 0 Å². The lowest BCUT2D eigenvalue weighted by Gasteiger charge is -2.34. The van der Waals surface area contributed by atoms with Crippen LogP contribution in [0.15, 0.2) is 0 Å². The molecule has 0 bridgehead atoms. The molecule has 10 N–H and O–H groups in total. The average Bonchev–Trinajstić information content (AvgIpc) is 3.08. The summed E-state index contributed by atoms with van der Waals surface area (Å²) < 4.78 is 0. The van der Waals surface area contributed by atoms with E-state index in [0.29, 0.717) is 0 Å². The molecule has 1 saturated carbocycles. The molecule has 0 aromatic heterocycles. The summed E-state index contributed by atoms with van der Waals surface area (Å²) in [5, 5.41) is 6.85. The zero-order valence-electron chi connectivity index (χ0n) is 30.0. The molecule has 0 aromatic rings. The predicted molar refractivity (Wildman–Crippen MR) is 197 cm³/mol. The summed E-state index contributed by atoms with van der Waals surface area (Å²) in [6.45, 7) is 24.1. The number of nitrogens with one attached hydrogen (secondary N) is 2. The zero-order valence-corrected chi connectivity index (χ0v) is 30.0. The lowest BCUT2D eigenvalue weighted by atomic mass is 9.87. The molecule has 0 amide bonds. The van der Waals surface area contributed by atoms with Gasteiger partial charge in [0.15, 0.2) is 0 Å². The Bertz CT molecular complexity index is 566. The van der Waals surface area contributed by atoms with Crippen LogP contribution < -0.4 is 33.6 Å². The van der Waals surface area contributed by atoms with Gasteiger partial charge in [-0.05, 0) is 83.7 Å². The molecule has 10 nitrogen and oxygen atoms in total. The Morgan fingerprint density at radius 3 is 1.64 bits per heavy atom. The van der Waals surface area contributed by atoms with Crippen molar-refractivity contribution in [2.75, 3.05) is 131 Å². The Hall–Kier alpha value is -0.400. The molecule has 45 heavy (non-hydrogen) atoms. The Labute approximate surface area is 280 Å². The lowest BCUT2D eigenvalue weighted by Crippen LogP contribution is -2.48. The van der Waals surface area contributed by atoms with E-state index in [9.17, 15) is 0 Å². The minimum absolute atomic E-state index is 0.740. The first kappa shape index (κ1) is 42.6. The number of likely N-dealkylation sites (tertiary alicyclic amines) is 1. The van der Waals surface area contributed by atoms with Crippen LogP contribution >= 0.6 is 0 Å². The van der Waals surface area contributed by atoms with E-state index in [1.807, 2.05) is 0 Å². The highest BCUT2D eigenvalue weighted by Gasteiger charge is 2.16. The Morgan fingerprint density at radius 1 is 0.533 bits per heavy atom. The van der Waals surface area contributed by atoms with Crippen LogP contribution in [0.4, 0.5) is 0 Å². The second kappa shape index (κ2) is 32.2. The van der Waals surface area contributed by atoms with E-state index in [1.54, 1.807) is 0 Å². The van der Waals surface area contributed by atoms with Gasteiger partial charge in [-0.15, -0.1) is 0 Å². The van der Waals surface area contributed by atoms with E-state index in [1.165, 1.54) is 149 Å². The summed E-state index contributed by atoms with van der Waals surface area (Å²) >= 11 is 0. The van der Waals surface area contributed by atoms with Crippen LogP contribution in [0.25, 0.3) is 0 Å². The summed E-state index contributed by atoms with van der Waals surface area (Å²) in [6, 6.07) is 0. The van der Waals surface area contributed by atoms with Crippen LogP contribution in [0.5, 0.6) is 0 Å². The normalized spacial score (nSPS) is 18.8. The monoisotopic (exact) mass is 641 g/mol. The van der Waals surface area contributed by atoms with Crippen LogP contribution in [0, 0.1) is 5.92 Å². The maximum atomic E-state index is 5.59. The quantitative estimate of drug-likeness (QED) is 0.0973. The molecule has 0 unspecified atom stereocenters. The molecule has 270 valence electrons. The highest BCUT2D eigenvalue weighted by Crippen LogP contribution is 2.26. The third kappa shape index (κ3) is 25.3.